The first kappa shape index (κ1) is 27.2. The zero-order chi connectivity index (χ0) is 28.3. The summed E-state index contributed by atoms with van der Waals surface area (Å²) in [5.74, 6) is -2.05. The van der Waals surface area contributed by atoms with Crippen LogP contribution in [0.4, 0.5) is 34.1 Å². The van der Waals surface area contributed by atoms with Crippen molar-refractivity contribution in [2.75, 3.05) is 50.2 Å². The first-order chi connectivity index (χ1) is 17.9. The van der Waals surface area contributed by atoms with Gasteiger partial charge in [-0.05, 0) is 0 Å². The Morgan fingerprint density at radius 3 is 1.03 bits per heavy atom. The second-order valence-electron chi connectivity index (χ2n) is 7.71. The Labute approximate surface area is 211 Å². The Morgan fingerprint density at radius 1 is 0.605 bits per heavy atom. The molecule has 0 unspecified atom stereocenters. The first-order valence-corrected chi connectivity index (χ1v) is 10.5. The van der Waals surface area contributed by atoms with Crippen molar-refractivity contribution in [3.8, 4) is 0 Å². The van der Waals surface area contributed by atoms with E-state index < -0.39 is 76.9 Å². The van der Waals surface area contributed by atoms with E-state index in [9.17, 15) is 50.0 Å². The number of rotatable bonds is 8. The van der Waals surface area contributed by atoms with E-state index in [0.717, 1.165) is 38.5 Å². The highest BCUT2D eigenvalue weighted by Gasteiger charge is 2.38. The monoisotopic (exact) mass is 534 g/mol. The first-order valence-electron chi connectivity index (χ1n) is 10.5. The standard InChI is InChI=1S/C20H18N6O12/c1-37-19(27)11-7-13(23(29)30)17(14(8-11)24(31)32)21-3-5-22(6-4-21)18-15(25(33)34)9-12(20(28)38-2)10-16(18)26(35)36/h7-10H,3-6H2,1-2H3. The minimum Gasteiger partial charge on any atom is -0.465 e. The minimum atomic E-state index is -1.03. The molecule has 0 saturated carbocycles. The van der Waals surface area contributed by atoms with Gasteiger partial charge in [0.15, 0.2) is 11.4 Å². The van der Waals surface area contributed by atoms with Gasteiger partial charge >= 0.3 is 34.7 Å². The fourth-order valence-electron chi connectivity index (χ4n) is 4.04. The van der Waals surface area contributed by atoms with Crippen molar-refractivity contribution in [3.63, 3.8) is 0 Å². The summed E-state index contributed by atoms with van der Waals surface area (Å²) < 4.78 is 9.00. The number of benzene rings is 2. The molecule has 1 heterocycles. The fourth-order valence-corrected chi connectivity index (χ4v) is 4.04. The van der Waals surface area contributed by atoms with E-state index in [1.54, 1.807) is 0 Å². The molecule has 1 fully saturated rings. The number of carbonyl (C=O) groups is 2. The molecule has 1 aliphatic heterocycles. The number of ether oxygens (including phenoxy) is 2. The maximum absolute atomic E-state index is 11.9. The topological polar surface area (TPSA) is 232 Å². The predicted octanol–water partition coefficient (Wildman–Crippen LogP) is 2.22. The highest BCUT2D eigenvalue weighted by atomic mass is 16.6. The summed E-state index contributed by atoms with van der Waals surface area (Å²) >= 11 is 0. The van der Waals surface area contributed by atoms with Crippen LogP contribution in [0.15, 0.2) is 24.3 Å². The molecular weight excluding hydrogens is 516 g/mol. The molecule has 18 nitrogen and oxygen atoms in total. The van der Waals surface area contributed by atoms with Crippen LogP contribution < -0.4 is 9.80 Å². The third kappa shape index (κ3) is 5.08. The van der Waals surface area contributed by atoms with Crippen molar-refractivity contribution < 1.29 is 38.8 Å². The van der Waals surface area contributed by atoms with Crippen molar-refractivity contribution in [2.45, 2.75) is 0 Å². The number of nitro benzene ring substituents is 4. The molecule has 0 amide bonds. The molecular formula is C20H18N6O12. The van der Waals surface area contributed by atoms with Gasteiger partial charge in [-0.15, -0.1) is 0 Å². The van der Waals surface area contributed by atoms with Crippen LogP contribution in [0, 0.1) is 40.5 Å². The van der Waals surface area contributed by atoms with E-state index in [0.29, 0.717) is 0 Å². The van der Waals surface area contributed by atoms with Gasteiger partial charge in [0.1, 0.15) is 0 Å². The summed E-state index contributed by atoms with van der Waals surface area (Å²) in [6.07, 6.45) is 0. The van der Waals surface area contributed by atoms with Gasteiger partial charge in [0.25, 0.3) is 0 Å². The Morgan fingerprint density at radius 2 is 0.842 bits per heavy atom. The average Bonchev–Trinajstić information content (AvgIpc) is 2.90. The number of methoxy groups -OCH3 is 2. The van der Waals surface area contributed by atoms with E-state index in [4.69, 9.17) is 0 Å². The largest absolute Gasteiger partial charge is 0.465 e. The Balaban J connectivity index is 2.05. The van der Waals surface area contributed by atoms with Gasteiger partial charge in [0.2, 0.25) is 0 Å². The van der Waals surface area contributed by atoms with Crippen molar-refractivity contribution in [3.05, 3.63) is 75.8 Å². The zero-order valence-electron chi connectivity index (χ0n) is 19.7. The van der Waals surface area contributed by atoms with Crippen molar-refractivity contribution >= 4 is 46.1 Å². The predicted molar refractivity (Wildman–Crippen MR) is 127 cm³/mol. The van der Waals surface area contributed by atoms with Crippen LogP contribution in [-0.4, -0.2) is 72.0 Å². The lowest BCUT2D eigenvalue weighted by Gasteiger charge is -2.36. The quantitative estimate of drug-likeness (QED) is 0.268. The smallest absolute Gasteiger partial charge is 0.338 e. The van der Waals surface area contributed by atoms with Crippen molar-refractivity contribution in [1.29, 1.82) is 0 Å². The summed E-state index contributed by atoms with van der Waals surface area (Å²) in [5, 5.41) is 47.0. The molecule has 0 atom stereocenters. The number of carbonyl (C=O) groups excluding carboxylic acids is 2. The van der Waals surface area contributed by atoms with Crippen molar-refractivity contribution in [2.24, 2.45) is 0 Å². The Kier molecular flexibility index (Phi) is 7.64. The summed E-state index contributed by atoms with van der Waals surface area (Å²) in [4.78, 5) is 69.7. The molecule has 18 heteroatoms. The SMILES string of the molecule is COC(=O)c1cc([N+](=O)[O-])c(N2CCN(c3c([N+](=O)[O-])cc(C(=O)OC)cc3[N+](=O)[O-])CC2)c([N+](=O)[O-])c1. The zero-order valence-corrected chi connectivity index (χ0v) is 19.7. The lowest BCUT2D eigenvalue weighted by Crippen LogP contribution is -2.47. The van der Waals surface area contributed by atoms with Crippen LogP contribution >= 0.6 is 0 Å². The number of hydrogen-bond donors (Lipinski definition) is 0. The number of anilines is 2. The normalized spacial score (nSPS) is 13.0. The van der Waals surface area contributed by atoms with Crippen LogP contribution in [0.3, 0.4) is 0 Å². The summed E-state index contributed by atoms with van der Waals surface area (Å²) in [5.41, 5.74) is -4.61. The van der Waals surface area contributed by atoms with Crippen LogP contribution in [0.25, 0.3) is 0 Å². The molecule has 38 heavy (non-hydrogen) atoms. The molecule has 0 aromatic heterocycles. The van der Waals surface area contributed by atoms with E-state index in [-0.39, 0.29) is 26.2 Å². The van der Waals surface area contributed by atoms with E-state index in [1.165, 1.54) is 9.80 Å². The molecule has 0 radical (unpaired) electrons. The van der Waals surface area contributed by atoms with Gasteiger partial charge < -0.3 is 19.3 Å². The van der Waals surface area contributed by atoms with Crippen LogP contribution in [0.5, 0.6) is 0 Å². The van der Waals surface area contributed by atoms with Crippen LogP contribution in [0.2, 0.25) is 0 Å². The molecule has 1 saturated heterocycles. The molecule has 0 aliphatic carbocycles. The highest BCUT2D eigenvalue weighted by Crippen LogP contribution is 2.42. The van der Waals surface area contributed by atoms with Crippen LogP contribution in [-0.2, 0) is 9.47 Å². The van der Waals surface area contributed by atoms with Gasteiger partial charge in [0.05, 0.1) is 45.0 Å². The second-order valence-corrected chi connectivity index (χ2v) is 7.71. The fraction of sp³-hybridized carbons (Fsp3) is 0.300. The maximum Gasteiger partial charge on any atom is 0.338 e. The minimum absolute atomic E-state index is 0.174. The summed E-state index contributed by atoms with van der Waals surface area (Å²) in [6, 6.07) is 3.34. The van der Waals surface area contributed by atoms with Crippen LogP contribution in [0.1, 0.15) is 20.7 Å². The van der Waals surface area contributed by atoms with Gasteiger partial charge in [0, 0.05) is 50.4 Å². The van der Waals surface area contributed by atoms with Gasteiger partial charge in [-0.2, -0.15) is 0 Å². The third-order valence-corrected chi connectivity index (χ3v) is 5.68. The lowest BCUT2D eigenvalue weighted by molar-refractivity contribution is -0.393. The second kappa shape index (κ2) is 10.7. The third-order valence-electron chi connectivity index (χ3n) is 5.68. The molecule has 200 valence electrons. The molecule has 3 rings (SSSR count). The maximum atomic E-state index is 11.9. The van der Waals surface area contributed by atoms with Gasteiger partial charge in [-0.3, -0.25) is 40.5 Å². The number of esters is 2. The molecule has 2 aromatic carbocycles. The number of nitrogens with zero attached hydrogens (tertiary/aromatic N) is 6. The highest BCUT2D eigenvalue weighted by molar-refractivity contribution is 5.95. The van der Waals surface area contributed by atoms with Crippen molar-refractivity contribution in [1.82, 2.24) is 0 Å². The molecule has 2 aromatic rings. The molecule has 0 bridgehead atoms. The molecule has 0 N–H and O–H groups in total. The lowest BCUT2D eigenvalue weighted by atomic mass is 10.1. The number of piperazine rings is 1. The van der Waals surface area contributed by atoms with E-state index in [2.05, 4.69) is 9.47 Å². The average molecular weight is 534 g/mol. The van der Waals surface area contributed by atoms with Gasteiger partial charge in [-0.25, -0.2) is 9.59 Å². The molecule has 0 spiro atoms. The number of hydrogen-bond acceptors (Lipinski definition) is 14. The summed E-state index contributed by atoms with van der Waals surface area (Å²) in [6.45, 7) is -0.697. The summed E-state index contributed by atoms with van der Waals surface area (Å²) in [7, 11) is 2.01. The van der Waals surface area contributed by atoms with E-state index in [1.807, 2.05) is 0 Å². The van der Waals surface area contributed by atoms with E-state index >= 15 is 0 Å². The van der Waals surface area contributed by atoms with Gasteiger partial charge in [-0.1, -0.05) is 0 Å². The number of nitro groups is 4. The Bertz CT molecular complexity index is 1190. The Hall–Kier alpha value is -5.42. The molecule has 1 aliphatic rings.